The van der Waals surface area contributed by atoms with Gasteiger partial charge in [0.1, 0.15) is 11.5 Å². The summed E-state index contributed by atoms with van der Waals surface area (Å²) in [6.45, 7) is 2.65. The molecule has 1 aromatic rings. The number of carbonyl (C=O) groups is 3. The minimum atomic E-state index is -0.717. The van der Waals surface area contributed by atoms with Gasteiger partial charge in [-0.15, -0.1) is 0 Å². The number of amides is 3. The van der Waals surface area contributed by atoms with Gasteiger partial charge in [0.15, 0.2) is 0 Å². The van der Waals surface area contributed by atoms with Crippen molar-refractivity contribution in [3.8, 4) is 0 Å². The highest BCUT2D eigenvalue weighted by molar-refractivity contribution is 6.01. The van der Waals surface area contributed by atoms with Gasteiger partial charge < -0.3 is 25.2 Å². The van der Waals surface area contributed by atoms with Crippen LogP contribution in [0.5, 0.6) is 0 Å². The Bertz CT molecular complexity index is 764. The Kier molecular flexibility index (Phi) is 4.69. The molecule has 0 bridgehead atoms. The maximum Gasteiger partial charge on any atom is 0.256 e. The van der Waals surface area contributed by atoms with E-state index >= 15 is 0 Å². The third kappa shape index (κ3) is 3.59. The van der Waals surface area contributed by atoms with Crippen molar-refractivity contribution >= 4 is 23.5 Å². The number of hydrogen-bond acceptors (Lipinski definition) is 6. The van der Waals surface area contributed by atoms with Crippen molar-refractivity contribution in [1.82, 2.24) is 20.1 Å². The largest absolute Gasteiger partial charge is 0.378 e. The number of anilines is 1. The number of carbonyl (C=O) groups excluding carboxylic acids is 3. The molecule has 144 valence electrons. The van der Waals surface area contributed by atoms with E-state index in [0.717, 1.165) is 0 Å². The minimum Gasteiger partial charge on any atom is -0.378 e. The van der Waals surface area contributed by atoms with Gasteiger partial charge in [-0.1, -0.05) is 0 Å². The molecule has 2 fully saturated rings. The molecule has 0 unspecified atom stereocenters. The first-order chi connectivity index (χ1) is 13.1. The predicted octanol–water partition coefficient (Wildman–Crippen LogP) is -0.195. The van der Waals surface area contributed by atoms with E-state index in [0.29, 0.717) is 57.1 Å². The Morgan fingerprint density at radius 1 is 1.19 bits per heavy atom. The van der Waals surface area contributed by atoms with E-state index in [-0.39, 0.29) is 30.7 Å². The van der Waals surface area contributed by atoms with Crippen LogP contribution in [0.2, 0.25) is 0 Å². The van der Waals surface area contributed by atoms with Crippen LogP contribution in [0.4, 0.5) is 5.82 Å². The van der Waals surface area contributed by atoms with Crippen LogP contribution in [0.3, 0.4) is 0 Å². The Morgan fingerprint density at radius 2 is 2.00 bits per heavy atom. The summed E-state index contributed by atoms with van der Waals surface area (Å²) < 4.78 is 5.27. The second-order valence-electron chi connectivity index (χ2n) is 7.12. The second-order valence-corrected chi connectivity index (χ2v) is 7.12. The number of fused-ring (bicyclic) bond motifs is 1. The summed E-state index contributed by atoms with van der Waals surface area (Å²) in [5.41, 5.74) is -0.219. The summed E-state index contributed by atoms with van der Waals surface area (Å²) in [6.07, 6.45) is 2.85. The molecule has 0 aliphatic carbocycles. The fourth-order valence-electron chi connectivity index (χ4n) is 3.78. The summed E-state index contributed by atoms with van der Waals surface area (Å²) in [5.74, 6) is 0.209. The lowest BCUT2D eigenvalue weighted by atomic mass is 9.97. The Balaban J connectivity index is 1.44. The van der Waals surface area contributed by atoms with Gasteiger partial charge >= 0.3 is 0 Å². The van der Waals surface area contributed by atoms with Gasteiger partial charge in [0.2, 0.25) is 11.8 Å². The molecule has 0 aromatic carbocycles. The zero-order valence-electron chi connectivity index (χ0n) is 15.1. The predicted molar refractivity (Wildman–Crippen MR) is 95.9 cm³/mol. The zero-order valence-corrected chi connectivity index (χ0v) is 15.1. The Hall–Kier alpha value is -2.68. The molecule has 9 heteroatoms. The maximum atomic E-state index is 12.6. The number of hydrogen-bond donors (Lipinski definition) is 2. The van der Waals surface area contributed by atoms with E-state index in [1.54, 1.807) is 28.1 Å². The highest BCUT2D eigenvalue weighted by atomic mass is 16.5. The summed E-state index contributed by atoms with van der Waals surface area (Å²) in [6, 6.07) is 3.43. The quantitative estimate of drug-likeness (QED) is 0.744. The van der Waals surface area contributed by atoms with Crippen LogP contribution < -0.4 is 10.6 Å². The molecule has 3 amide bonds. The van der Waals surface area contributed by atoms with Gasteiger partial charge in [-0.05, 0) is 18.6 Å². The molecule has 1 atom stereocenters. The summed E-state index contributed by atoms with van der Waals surface area (Å²) in [4.78, 5) is 45.1. The third-order valence-corrected chi connectivity index (χ3v) is 5.38. The van der Waals surface area contributed by atoms with Crippen LogP contribution in [0.15, 0.2) is 18.3 Å². The average molecular weight is 373 g/mol. The van der Waals surface area contributed by atoms with Crippen molar-refractivity contribution in [3.63, 3.8) is 0 Å². The van der Waals surface area contributed by atoms with Gasteiger partial charge in [0, 0.05) is 38.7 Å². The Morgan fingerprint density at radius 3 is 2.81 bits per heavy atom. The summed E-state index contributed by atoms with van der Waals surface area (Å²) >= 11 is 0. The lowest BCUT2D eigenvalue weighted by molar-refractivity contribution is -0.142. The van der Waals surface area contributed by atoms with Gasteiger partial charge in [0.25, 0.3) is 5.91 Å². The molecule has 2 saturated heterocycles. The van der Waals surface area contributed by atoms with Crippen molar-refractivity contribution in [2.75, 3.05) is 44.7 Å². The third-order valence-electron chi connectivity index (χ3n) is 5.38. The first kappa shape index (κ1) is 17.7. The van der Waals surface area contributed by atoms with E-state index < -0.39 is 5.66 Å². The fraction of sp³-hybridized carbons (Fsp3) is 0.556. The van der Waals surface area contributed by atoms with Crippen LogP contribution in [-0.2, 0) is 14.3 Å². The molecule has 0 radical (unpaired) electrons. The van der Waals surface area contributed by atoms with E-state index in [1.165, 1.54) is 0 Å². The average Bonchev–Trinajstić information content (AvgIpc) is 2.83. The molecule has 27 heavy (non-hydrogen) atoms. The minimum absolute atomic E-state index is 0.0600. The number of ether oxygens (including phenoxy) is 1. The molecule has 2 N–H and O–H groups in total. The monoisotopic (exact) mass is 373 g/mol. The van der Waals surface area contributed by atoms with E-state index in [9.17, 15) is 14.4 Å². The van der Waals surface area contributed by atoms with E-state index in [2.05, 4.69) is 15.6 Å². The maximum absolute atomic E-state index is 12.6. The normalized spacial score (nSPS) is 25.5. The van der Waals surface area contributed by atoms with Crippen LogP contribution >= 0.6 is 0 Å². The smallest absolute Gasteiger partial charge is 0.256 e. The first-order valence-electron chi connectivity index (χ1n) is 9.25. The molecule has 1 aromatic heterocycles. The van der Waals surface area contributed by atoms with E-state index in [4.69, 9.17) is 4.74 Å². The van der Waals surface area contributed by atoms with Gasteiger partial charge in [-0.25, -0.2) is 4.98 Å². The van der Waals surface area contributed by atoms with Crippen molar-refractivity contribution in [2.24, 2.45) is 0 Å². The van der Waals surface area contributed by atoms with Crippen molar-refractivity contribution in [3.05, 3.63) is 23.9 Å². The summed E-state index contributed by atoms with van der Waals surface area (Å²) in [5, 5.41) is 6.31. The molecule has 4 heterocycles. The number of rotatable bonds is 2. The highest BCUT2D eigenvalue weighted by Gasteiger charge is 2.41. The molecule has 3 aliphatic rings. The molecule has 0 saturated carbocycles. The highest BCUT2D eigenvalue weighted by Crippen LogP contribution is 2.30. The lowest BCUT2D eigenvalue weighted by Crippen LogP contribution is -2.58. The first-order valence-corrected chi connectivity index (χ1v) is 9.25. The second kappa shape index (κ2) is 7.15. The fourth-order valence-corrected chi connectivity index (χ4v) is 3.78. The number of pyridine rings is 1. The van der Waals surface area contributed by atoms with Crippen LogP contribution in [-0.4, -0.2) is 77.6 Å². The number of morpholine rings is 1. The lowest BCUT2D eigenvalue weighted by Gasteiger charge is -2.39. The molecule has 1 spiro atoms. The number of nitrogens with one attached hydrogen (secondary N) is 2. The van der Waals surface area contributed by atoms with Gasteiger partial charge in [-0.3, -0.25) is 14.4 Å². The molecule has 3 aliphatic heterocycles. The van der Waals surface area contributed by atoms with Crippen molar-refractivity contribution in [1.29, 1.82) is 0 Å². The Labute approximate surface area is 157 Å². The van der Waals surface area contributed by atoms with Crippen LogP contribution in [0.1, 0.15) is 29.6 Å². The van der Waals surface area contributed by atoms with Crippen LogP contribution in [0.25, 0.3) is 0 Å². The van der Waals surface area contributed by atoms with Gasteiger partial charge in [-0.2, -0.15) is 0 Å². The topological polar surface area (TPSA) is 104 Å². The number of aromatic nitrogens is 1. The molecular formula is C18H23N5O4. The van der Waals surface area contributed by atoms with Crippen LogP contribution in [0, 0.1) is 0 Å². The van der Waals surface area contributed by atoms with Gasteiger partial charge in [0.05, 0.1) is 25.3 Å². The number of nitrogens with zero attached hydrogens (tertiary/aromatic N) is 3. The SMILES string of the molecule is O=C1N[C@]2(CCC(=O)N(CC(=O)N3CCOCC3)CC2)Nc2ncccc21. The summed E-state index contributed by atoms with van der Waals surface area (Å²) in [7, 11) is 0. The molecular weight excluding hydrogens is 350 g/mol. The van der Waals surface area contributed by atoms with Crippen molar-refractivity contribution in [2.45, 2.75) is 24.9 Å². The molecule has 9 nitrogen and oxygen atoms in total. The molecule has 4 rings (SSSR count). The standard InChI is InChI=1S/C18H23N5O4/c24-14-3-4-18(20-16-13(17(26)21-18)2-1-6-19-16)5-7-23(14)12-15(25)22-8-10-27-11-9-22/h1-2,6H,3-5,7-12H2,(H,19,20)(H,21,26)/t18-/m0/s1. The zero-order chi connectivity index (χ0) is 18.9. The van der Waals surface area contributed by atoms with Crippen molar-refractivity contribution < 1.29 is 19.1 Å². The number of likely N-dealkylation sites (tertiary alicyclic amines) is 1. The van der Waals surface area contributed by atoms with E-state index in [1.807, 2.05) is 0 Å².